The van der Waals surface area contributed by atoms with Crippen LogP contribution >= 0.6 is 12.2 Å². The van der Waals surface area contributed by atoms with Gasteiger partial charge in [-0.05, 0) is 19.1 Å². The van der Waals surface area contributed by atoms with Crippen molar-refractivity contribution in [3.8, 4) is 0 Å². The summed E-state index contributed by atoms with van der Waals surface area (Å²) >= 11 is 4.94. The lowest BCUT2D eigenvalue weighted by molar-refractivity contribution is 0.0423. The number of nitrogens with zero attached hydrogens (tertiary/aromatic N) is 1. The van der Waals surface area contributed by atoms with E-state index in [0.717, 1.165) is 6.54 Å². The minimum atomic E-state index is -0.141. The largest absolute Gasteiger partial charge is 0.379 e. The molecule has 3 N–H and O–H groups in total. The first kappa shape index (κ1) is 15.2. The van der Waals surface area contributed by atoms with Gasteiger partial charge in [-0.3, -0.25) is 14.7 Å². The van der Waals surface area contributed by atoms with Crippen molar-refractivity contribution in [1.29, 1.82) is 0 Å². The van der Waals surface area contributed by atoms with E-state index in [4.69, 9.17) is 21.7 Å². The van der Waals surface area contributed by atoms with Gasteiger partial charge in [0, 0.05) is 19.7 Å². The summed E-state index contributed by atoms with van der Waals surface area (Å²) in [6.07, 6.45) is 0. The van der Waals surface area contributed by atoms with Crippen LogP contribution in [0.5, 0.6) is 0 Å². The minimum Gasteiger partial charge on any atom is -0.379 e. The van der Waals surface area contributed by atoms with Gasteiger partial charge in [-0.25, -0.2) is 0 Å². The van der Waals surface area contributed by atoms with Crippen molar-refractivity contribution in [3.05, 3.63) is 20.7 Å². The van der Waals surface area contributed by atoms with E-state index < -0.39 is 0 Å². The molecule has 1 aromatic heterocycles. The molecule has 2 heterocycles. The van der Waals surface area contributed by atoms with Gasteiger partial charge in [0.15, 0.2) is 4.77 Å². The monoisotopic (exact) mass is 300 g/mol. The lowest BCUT2D eigenvalue weighted by atomic mass is 10.2. The van der Waals surface area contributed by atoms with Crippen molar-refractivity contribution < 1.29 is 9.47 Å². The van der Waals surface area contributed by atoms with E-state index in [-0.39, 0.29) is 5.56 Å². The number of hydrogen-bond donors (Lipinski definition) is 3. The summed E-state index contributed by atoms with van der Waals surface area (Å²) in [5, 5.41) is 3.16. The van der Waals surface area contributed by atoms with Gasteiger partial charge in [-0.1, -0.05) is 0 Å². The first-order chi connectivity index (χ1) is 9.70. The van der Waals surface area contributed by atoms with E-state index in [2.05, 4.69) is 20.2 Å². The quantitative estimate of drug-likeness (QED) is 0.507. The van der Waals surface area contributed by atoms with Crippen molar-refractivity contribution in [2.75, 3.05) is 45.0 Å². The van der Waals surface area contributed by atoms with Crippen LogP contribution in [0.4, 0.5) is 5.82 Å². The van der Waals surface area contributed by atoms with Gasteiger partial charge in [0.2, 0.25) is 0 Å². The molecule has 8 heteroatoms. The molecule has 0 fully saturated rings. The lowest BCUT2D eigenvalue weighted by Crippen LogP contribution is -2.39. The van der Waals surface area contributed by atoms with Crippen LogP contribution < -0.4 is 10.9 Å². The van der Waals surface area contributed by atoms with Gasteiger partial charge in [0.1, 0.15) is 5.82 Å². The Morgan fingerprint density at radius 1 is 1.25 bits per heavy atom. The van der Waals surface area contributed by atoms with E-state index in [9.17, 15) is 4.79 Å². The maximum Gasteiger partial charge on any atom is 0.258 e. The topological polar surface area (TPSA) is 82.4 Å². The molecule has 1 aromatic rings. The zero-order valence-electron chi connectivity index (χ0n) is 11.5. The Kier molecular flexibility index (Phi) is 5.72. The van der Waals surface area contributed by atoms with E-state index in [1.165, 1.54) is 0 Å². The number of nitrogens with one attached hydrogen (secondary N) is 3. The van der Waals surface area contributed by atoms with Gasteiger partial charge in [-0.15, -0.1) is 0 Å². The number of anilines is 1. The van der Waals surface area contributed by atoms with E-state index in [1.807, 2.05) is 6.92 Å². The molecule has 0 bridgehead atoms. The summed E-state index contributed by atoms with van der Waals surface area (Å²) in [6.45, 7) is 6.50. The Hall–Kier alpha value is -1.22. The molecule has 0 atom stereocenters. The van der Waals surface area contributed by atoms with E-state index >= 15 is 0 Å². The fraction of sp³-hybridized carbons (Fsp3) is 0.667. The van der Waals surface area contributed by atoms with Crippen LogP contribution in [0.1, 0.15) is 12.5 Å². The predicted molar refractivity (Wildman–Crippen MR) is 78.5 cm³/mol. The highest BCUT2D eigenvalue weighted by atomic mass is 32.1. The fourth-order valence-corrected chi connectivity index (χ4v) is 2.20. The van der Waals surface area contributed by atoms with Crippen molar-refractivity contribution in [2.24, 2.45) is 0 Å². The zero-order chi connectivity index (χ0) is 14.4. The second-order valence-electron chi connectivity index (χ2n) is 4.46. The molecule has 1 aliphatic rings. The van der Waals surface area contributed by atoms with Crippen LogP contribution in [0, 0.1) is 4.77 Å². The van der Waals surface area contributed by atoms with Gasteiger partial charge < -0.3 is 19.8 Å². The van der Waals surface area contributed by atoms with Gasteiger partial charge in [0.05, 0.1) is 32.1 Å². The first-order valence-electron chi connectivity index (χ1n) is 6.68. The van der Waals surface area contributed by atoms with Crippen molar-refractivity contribution in [1.82, 2.24) is 14.9 Å². The number of aromatic amines is 2. The Morgan fingerprint density at radius 3 is 2.85 bits per heavy atom. The Balaban J connectivity index is 1.80. The third kappa shape index (κ3) is 4.14. The van der Waals surface area contributed by atoms with Gasteiger partial charge >= 0.3 is 0 Å². The van der Waals surface area contributed by atoms with Crippen LogP contribution in [0.15, 0.2) is 4.79 Å². The summed E-state index contributed by atoms with van der Waals surface area (Å²) in [5.41, 5.74) is 0.539. The average molecular weight is 300 g/mol. The Labute approximate surface area is 122 Å². The number of rotatable bonds is 7. The fourth-order valence-electron chi connectivity index (χ4n) is 2.00. The number of ether oxygens (including phenoxy) is 2. The van der Waals surface area contributed by atoms with Gasteiger partial charge in [0.25, 0.3) is 5.56 Å². The molecule has 0 amide bonds. The molecule has 1 aliphatic heterocycles. The Morgan fingerprint density at radius 2 is 2.05 bits per heavy atom. The van der Waals surface area contributed by atoms with Crippen molar-refractivity contribution >= 4 is 18.0 Å². The summed E-state index contributed by atoms with van der Waals surface area (Å²) in [6, 6.07) is 0. The average Bonchev–Trinajstić information content (AvgIpc) is 2.43. The lowest BCUT2D eigenvalue weighted by Gasteiger charge is -2.28. The third-order valence-corrected chi connectivity index (χ3v) is 3.23. The minimum absolute atomic E-state index is 0.141. The highest BCUT2D eigenvalue weighted by molar-refractivity contribution is 7.71. The molecule has 112 valence electrons. The highest BCUT2D eigenvalue weighted by Crippen LogP contribution is 2.14. The second-order valence-corrected chi connectivity index (χ2v) is 4.87. The molecular weight excluding hydrogens is 280 g/mol. The number of aromatic nitrogens is 2. The molecule has 7 nitrogen and oxygen atoms in total. The molecule has 0 spiro atoms. The van der Waals surface area contributed by atoms with Crippen molar-refractivity contribution in [2.45, 2.75) is 13.5 Å². The molecule has 20 heavy (non-hydrogen) atoms. The van der Waals surface area contributed by atoms with Crippen LogP contribution in [0.25, 0.3) is 0 Å². The standard InChI is InChI=1S/C12H20N4O3S/c1-2-18-5-6-19-4-3-16-7-9-10(13-8-16)14-12(20)15-11(9)17/h2-8H2,1H3,(H3,13,14,15,17,20). The van der Waals surface area contributed by atoms with Crippen LogP contribution in [0.3, 0.4) is 0 Å². The summed E-state index contributed by atoms with van der Waals surface area (Å²) in [7, 11) is 0. The highest BCUT2D eigenvalue weighted by Gasteiger charge is 2.18. The summed E-state index contributed by atoms with van der Waals surface area (Å²) in [4.78, 5) is 19.5. The van der Waals surface area contributed by atoms with Gasteiger partial charge in [-0.2, -0.15) is 0 Å². The number of H-pyrrole nitrogens is 2. The summed E-state index contributed by atoms with van der Waals surface area (Å²) in [5.74, 6) is 0.715. The van der Waals surface area contributed by atoms with E-state index in [0.29, 0.717) is 55.8 Å². The maximum absolute atomic E-state index is 11.8. The van der Waals surface area contributed by atoms with Crippen LogP contribution in [0.2, 0.25) is 0 Å². The SMILES string of the molecule is CCOCCOCCN1CNc2[nH]c(=S)[nH]c(=O)c2C1. The molecule has 2 rings (SSSR count). The van der Waals surface area contributed by atoms with Crippen molar-refractivity contribution in [3.63, 3.8) is 0 Å². The molecule has 0 aromatic carbocycles. The zero-order valence-corrected chi connectivity index (χ0v) is 12.3. The Bertz CT molecular complexity index is 542. The first-order valence-corrected chi connectivity index (χ1v) is 7.08. The maximum atomic E-state index is 11.8. The van der Waals surface area contributed by atoms with Crippen LogP contribution in [-0.4, -0.2) is 54.5 Å². The summed E-state index contributed by atoms with van der Waals surface area (Å²) < 4.78 is 11.0. The smallest absolute Gasteiger partial charge is 0.258 e. The molecule has 0 unspecified atom stereocenters. The molecule has 0 radical (unpaired) electrons. The molecular formula is C12H20N4O3S. The molecule has 0 saturated heterocycles. The number of hydrogen-bond acceptors (Lipinski definition) is 6. The number of fused-ring (bicyclic) bond motifs is 1. The molecule has 0 saturated carbocycles. The molecule has 0 aliphatic carbocycles. The van der Waals surface area contributed by atoms with E-state index in [1.54, 1.807) is 0 Å². The normalized spacial score (nSPS) is 14.8. The third-order valence-electron chi connectivity index (χ3n) is 3.03. The van der Waals surface area contributed by atoms with Crippen LogP contribution in [-0.2, 0) is 16.0 Å². The second kappa shape index (κ2) is 7.53. The predicted octanol–water partition coefficient (Wildman–Crippen LogP) is 0.671.